The molecule has 8 nitrogen and oxygen atoms in total. The van der Waals surface area contributed by atoms with E-state index in [1.807, 2.05) is 19.9 Å². The van der Waals surface area contributed by atoms with E-state index in [1.54, 1.807) is 12.3 Å². The number of nitro groups is 1. The Morgan fingerprint density at radius 2 is 1.96 bits per heavy atom. The molecule has 142 valence electrons. The van der Waals surface area contributed by atoms with E-state index >= 15 is 0 Å². The van der Waals surface area contributed by atoms with Gasteiger partial charge in [0.15, 0.2) is 0 Å². The Balaban J connectivity index is 2.23. The van der Waals surface area contributed by atoms with Crippen LogP contribution in [0.1, 0.15) is 31.2 Å². The first-order chi connectivity index (χ1) is 12.3. The molecule has 0 amide bonds. The molecular weight excluding hydrogens is 358 g/mol. The first-order valence-corrected chi connectivity index (χ1v) is 9.80. The number of rotatable bonds is 9. The number of nitrogens with zero attached hydrogens (tertiary/aromatic N) is 2. The minimum atomic E-state index is -3.81. The van der Waals surface area contributed by atoms with Gasteiger partial charge >= 0.3 is 0 Å². The van der Waals surface area contributed by atoms with Crippen LogP contribution >= 0.6 is 0 Å². The molecule has 0 saturated carbocycles. The maximum atomic E-state index is 12.7. The van der Waals surface area contributed by atoms with Crippen molar-refractivity contribution in [2.24, 2.45) is 0 Å². The van der Waals surface area contributed by atoms with Crippen molar-refractivity contribution in [2.75, 3.05) is 19.6 Å². The lowest BCUT2D eigenvalue weighted by atomic mass is 10.2. The van der Waals surface area contributed by atoms with E-state index < -0.39 is 14.9 Å². The summed E-state index contributed by atoms with van der Waals surface area (Å²) in [6, 6.07) is 7.04. The summed E-state index contributed by atoms with van der Waals surface area (Å²) in [5, 5.41) is 10.8. The lowest BCUT2D eigenvalue weighted by Gasteiger charge is -2.28. The quantitative estimate of drug-likeness (QED) is 0.529. The van der Waals surface area contributed by atoms with Gasteiger partial charge in [0.2, 0.25) is 10.0 Å². The summed E-state index contributed by atoms with van der Waals surface area (Å²) in [6.07, 6.45) is 1.56. The SMILES string of the molecule is CCN(CC)C(CNS(=O)(=O)c1ccc([N+](=O)[O-])cc1C)c1ccco1. The maximum Gasteiger partial charge on any atom is 0.269 e. The lowest BCUT2D eigenvalue weighted by molar-refractivity contribution is -0.385. The number of benzene rings is 1. The van der Waals surface area contributed by atoms with Gasteiger partial charge in [-0.05, 0) is 43.8 Å². The molecule has 2 rings (SSSR count). The third-order valence-corrected chi connectivity index (χ3v) is 5.83. The summed E-state index contributed by atoms with van der Waals surface area (Å²) < 4.78 is 33.4. The third kappa shape index (κ3) is 4.48. The zero-order chi connectivity index (χ0) is 19.3. The molecule has 1 aromatic heterocycles. The molecule has 1 N–H and O–H groups in total. The second kappa shape index (κ2) is 8.43. The monoisotopic (exact) mass is 381 g/mol. The van der Waals surface area contributed by atoms with E-state index in [4.69, 9.17) is 4.42 Å². The Bertz CT molecular complexity index is 845. The average Bonchev–Trinajstić information content (AvgIpc) is 3.12. The topological polar surface area (TPSA) is 106 Å². The van der Waals surface area contributed by atoms with Gasteiger partial charge in [-0.1, -0.05) is 13.8 Å². The summed E-state index contributed by atoms with van der Waals surface area (Å²) >= 11 is 0. The largest absolute Gasteiger partial charge is 0.468 e. The standard InChI is InChI=1S/C17H23N3O5S/c1-4-19(5-2)15(16-7-6-10-25-16)12-18-26(23,24)17-9-8-14(20(21)22)11-13(17)3/h6-11,15,18H,4-5,12H2,1-3H3. The number of likely N-dealkylation sites (N-methyl/N-ethyl adjacent to an activating group) is 1. The van der Waals surface area contributed by atoms with Crippen molar-refractivity contribution < 1.29 is 17.8 Å². The molecule has 9 heteroatoms. The minimum absolute atomic E-state index is 0.0286. The fourth-order valence-electron chi connectivity index (χ4n) is 2.87. The normalized spacial score (nSPS) is 13.1. The van der Waals surface area contributed by atoms with Crippen LogP contribution in [0.4, 0.5) is 5.69 Å². The maximum absolute atomic E-state index is 12.7. The van der Waals surface area contributed by atoms with Crippen LogP contribution in [0.15, 0.2) is 45.9 Å². The Morgan fingerprint density at radius 3 is 2.46 bits per heavy atom. The summed E-state index contributed by atoms with van der Waals surface area (Å²) in [5.41, 5.74) is 0.183. The van der Waals surface area contributed by atoms with Crippen molar-refractivity contribution in [1.29, 1.82) is 0 Å². The molecule has 1 unspecified atom stereocenters. The molecular formula is C17H23N3O5S. The van der Waals surface area contributed by atoms with Crippen LogP contribution < -0.4 is 4.72 Å². The molecule has 1 atom stereocenters. The first kappa shape index (κ1) is 20.1. The van der Waals surface area contributed by atoms with E-state index in [9.17, 15) is 18.5 Å². The summed E-state index contributed by atoms with van der Waals surface area (Å²) in [5.74, 6) is 0.678. The van der Waals surface area contributed by atoms with Gasteiger partial charge in [0.1, 0.15) is 5.76 Å². The average molecular weight is 381 g/mol. The van der Waals surface area contributed by atoms with Gasteiger partial charge < -0.3 is 4.42 Å². The van der Waals surface area contributed by atoms with Gasteiger partial charge in [-0.2, -0.15) is 0 Å². The van der Waals surface area contributed by atoms with Gasteiger partial charge in [0.05, 0.1) is 22.1 Å². The zero-order valence-electron chi connectivity index (χ0n) is 15.0. The molecule has 1 heterocycles. The fourth-order valence-corrected chi connectivity index (χ4v) is 4.13. The van der Waals surface area contributed by atoms with E-state index in [2.05, 4.69) is 9.62 Å². The van der Waals surface area contributed by atoms with Crippen molar-refractivity contribution in [1.82, 2.24) is 9.62 Å². The first-order valence-electron chi connectivity index (χ1n) is 8.32. The molecule has 0 aliphatic carbocycles. The number of sulfonamides is 1. The highest BCUT2D eigenvalue weighted by Crippen LogP contribution is 2.23. The van der Waals surface area contributed by atoms with Crippen LogP contribution in [0, 0.1) is 17.0 Å². The van der Waals surface area contributed by atoms with E-state index in [-0.39, 0.29) is 23.2 Å². The van der Waals surface area contributed by atoms with Gasteiger partial charge in [-0.15, -0.1) is 0 Å². The van der Waals surface area contributed by atoms with E-state index in [0.29, 0.717) is 11.3 Å². The smallest absolute Gasteiger partial charge is 0.269 e. The highest BCUT2D eigenvalue weighted by Gasteiger charge is 2.25. The fraction of sp³-hybridized carbons (Fsp3) is 0.412. The van der Waals surface area contributed by atoms with Gasteiger partial charge in [0.25, 0.3) is 5.69 Å². The molecule has 0 saturated heterocycles. The highest BCUT2D eigenvalue weighted by molar-refractivity contribution is 7.89. The molecule has 2 aromatic rings. The Labute approximate surface area is 153 Å². The number of hydrogen-bond donors (Lipinski definition) is 1. The van der Waals surface area contributed by atoms with Crippen molar-refractivity contribution >= 4 is 15.7 Å². The van der Waals surface area contributed by atoms with Crippen LogP contribution in [0.25, 0.3) is 0 Å². The Morgan fingerprint density at radius 1 is 1.27 bits per heavy atom. The predicted molar refractivity (Wildman–Crippen MR) is 97.4 cm³/mol. The molecule has 0 aliphatic heterocycles. The van der Waals surface area contributed by atoms with Gasteiger partial charge in [0, 0.05) is 18.7 Å². The van der Waals surface area contributed by atoms with Crippen LogP contribution in [0.2, 0.25) is 0 Å². The lowest BCUT2D eigenvalue weighted by Crippen LogP contribution is -2.38. The number of aryl methyl sites for hydroxylation is 1. The summed E-state index contributed by atoms with van der Waals surface area (Å²) in [7, 11) is -3.81. The van der Waals surface area contributed by atoms with Crippen molar-refractivity contribution in [3.05, 3.63) is 58.0 Å². The predicted octanol–water partition coefficient (Wildman–Crippen LogP) is 2.86. The minimum Gasteiger partial charge on any atom is -0.468 e. The van der Waals surface area contributed by atoms with Crippen molar-refractivity contribution in [3.8, 4) is 0 Å². The Kier molecular flexibility index (Phi) is 6.52. The third-order valence-electron chi connectivity index (χ3n) is 4.25. The number of non-ortho nitro benzene ring substituents is 1. The Hall–Kier alpha value is -2.23. The van der Waals surface area contributed by atoms with Crippen LogP contribution in [0.5, 0.6) is 0 Å². The van der Waals surface area contributed by atoms with Gasteiger partial charge in [-0.3, -0.25) is 15.0 Å². The second-order valence-corrected chi connectivity index (χ2v) is 7.55. The number of hydrogen-bond acceptors (Lipinski definition) is 6. The van der Waals surface area contributed by atoms with Gasteiger partial charge in [-0.25, -0.2) is 13.1 Å². The molecule has 0 fully saturated rings. The molecule has 0 aliphatic rings. The van der Waals surface area contributed by atoms with Crippen LogP contribution in [-0.2, 0) is 10.0 Å². The van der Waals surface area contributed by atoms with Crippen molar-refractivity contribution in [3.63, 3.8) is 0 Å². The number of nitro benzene ring substituents is 1. The summed E-state index contributed by atoms with van der Waals surface area (Å²) in [4.78, 5) is 12.4. The number of nitrogens with one attached hydrogen (secondary N) is 1. The molecule has 26 heavy (non-hydrogen) atoms. The molecule has 0 radical (unpaired) electrons. The van der Waals surface area contributed by atoms with E-state index in [0.717, 1.165) is 13.1 Å². The molecule has 0 bridgehead atoms. The van der Waals surface area contributed by atoms with Crippen LogP contribution in [-0.4, -0.2) is 37.9 Å². The number of furan rings is 1. The van der Waals surface area contributed by atoms with Crippen LogP contribution in [0.3, 0.4) is 0 Å². The molecule has 1 aromatic carbocycles. The summed E-state index contributed by atoms with van der Waals surface area (Å²) in [6.45, 7) is 7.13. The highest BCUT2D eigenvalue weighted by atomic mass is 32.2. The molecule has 0 spiro atoms. The second-order valence-electron chi connectivity index (χ2n) is 5.81. The zero-order valence-corrected chi connectivity index (χ0v) is 15.8. The van der Waals surface area contributed by atoms with E-state index in [1.165, 1.54) is 25.1 Å². The van der Waals surface area contributed by atoms with Crippen molar-refractivity contribution in [2.45, 2.75) is 31.7 Å².